The molecule has 0 amide bonds. The van der Waals surface area contributed by atoms with E-state index >= 15 is 0 Å². The van der Waals surface area contributed by atoms with Crippen LogP contribution in [-0.4, -0.2) is 11.7 Å². The molecule has 1 aromatic rings. The molecule has 0 fully saturated rings. The Kier molecular flexibility index (Phi) is 7.84. The van der Waals surface area contributed by atoms with Crippen molar-refractivity contribution in [3.63, 3.8) is 0 Å². The van der Waals surface area contributed by atoms with E-state index in [1.54, 1.807) is 0 Å². The number of hydrogen-bond acceptors (Lipinski definition) is 1. The summed E-state index contributed by atoms with van der Waals surface area (Å²) in [6.45, 7) is 9.94. The van der Waals surface area contributed by atoms with Crippen LogP contribution in [0.25, 0.3) is 6.08 Å². The first kappa shape index (κ1) is 21.1. The molecule has 2 nitrogen and oxygen atoms in total. The van der Waals surface area contributed by atoms with Crippen molar-refractivity contribution in [2.45, 2.75) is 53.5 Å². The highest BCUT2D eigenvalue weighted by Crippen LogP contribution is 2.40. The lowest BCUT2D eigenvalue weighted by Gasteiger charge is -2.32. The number of hydrogen-bond donors (Lipinski definition) is 1. The SMILES string of the molecule is CC1=C(/C=C/C(C)=C/C=C/c2cc[n+](CCO)c(I)c2)C(C)(C)CCC1. The van der Waals surface area contributed by atoms with Crippen molar-refractivity contribution in [1.82, 2.24) is 0 Å². The Labute approximate surface area is 172 Å². The second-order valence-corrected chi connectivity index (χ2v) is 8.84. The van der Waals surface area contributed by atoms with E-state index in [4.69, 9.17) is 5.11 Å². The second-order valence-electron chi connectivity index (χ2n) is 7.73. The lowest BCUT2D eigenvalue weighted by molar-refractivity contribution is -0.710. The first-order valence-electron chi connectivity index (χ1n) is 9.36. The van der Waals surface area contributed by atoms with Gasteiger partial charge in [-0.2, -0.15) is 4.57 Å². The summed E-state index contributed by atoms with van der Waals surface area (Å²) in [5.74, 6) is 0. The molecule has 0 atom stereocenters. The lowest BCUT2D eigenvalue weighted by Crippen LogP contribution is -2.38. The maximum atomic E-state index is 9.05. The van der Waals surface area contributed by atoms with Crippen LogP contribution in [0.15, 0.2) is 59.4 Å². The van der Waals surface area contributed by atoms with Gasteiger partial charge < -0.3 is 5.11 Å². The summed E-state index contributed by atoms with van der Waals surface area (Å²) in [7, 11) is 0. The van der Waals surface area contributed by atoms with Crippen LogP contribution in [-0.2, 0) is 6.54 Å². The van der Waals surface area contributed by atoms with E-state index < -0.39 is 0 Å². The third kappa shape index (κ3) is 5.92. The predicted octanol–water partition coefficient (Wildman–Crippen LogP) is 5.61. The molecule has 0 radical (unpaired) electrons. The van der Waals surface area contributed by atoms with Gasteiger partial charge >= 0.3 is 0 Å². The Morgan fingerprint density at radius 2 is 2.12 bits per heavy atom. The van der Waals surface area contributed by atoms with Crippen LogP contribution in [0.4, 0.5) is 0 Å². The fourth-order valence-electron chi connectivity index (χ4n) is 3.50. The smallest absolute Gasteiger partial charge is 0.241 e. The third-order valence-electron chi connectivity index (χ3n) is 5.05. The zero-order valence-electron chi connectivity index (χ0n) is 16.4. The van der Waals surface area contributed by atoms with Crippen LogP contribution in [0.1, 0.15) is 52.5 Å². The first-order chi connectivity index (χ1) is 12.3. The molecule has 2 rings (SSSR count). The normalized spacial score (nSPS) is 18.3. The molecule has 1 aliphatic carbocycles. The standard InChI is InChI=1S/C23H31INO/c1-18(10-11-21-19(2)8-6-13-23(21,3)4)7-5-9-20-12-14-25(15-16-26)22(24)17-20/h5,7,9-12,14,17,26H,6,8,13,15-16H2,1-4H3/q+1/b9-5+,11-10+,18-7+. The van der Waals surface area contributed by atoms with Gasteiger partial charge in [0.2, 0.25) is 3.70 Å². The topological polar surface area (TPSA) is 24.1 Å². The number of aliphatic hydroxyl groups is 1. The largest absolute Gasteiger partial charge is 0.390 e. The molecule has 140 valence electrons. The molecule has 1 N–H and O–H groups in total. The number of halogens is 1. The number of rotatable bonds is 6. The fourth-order valence-corrected chi connectivity index (χ4v) is 4.26. The minimum Gasteiger partial charge on any atom is -0.390 e. The number of pyridine rings is 1. The number of aliphatic hydroxyl groups excluding tert-OH is 1. The Bertz CT molecular complexity index is 753. The number of nitrogens with zero attached hydrogens (tertiary/aromatic N) is 1. The van der Waals surface area contributed by atoms with Crippen molar-refractivity contribution < 1.29 is 9.67 Å². The Morgan fingerprint density at radius 1 is 1.35 bits per heavy atom. The lowest BCUT2D eigenvalue weighted by atomic mass is 9.72. The molecule has 0 unspecified atom stereocenters. The molecule has 3 heteroatoms. The maximum absolute atomic E-state index is 9.05. The van der Waals surface area contributed by atoms with E-state index in [1.165, 1.54) is 41.5 Å². The molecule has 1 aliphatic rings. The van der Waals surface area contributed by atoms with Gasteiger partial charge in [0.1, 0.15) is 6.61 Å². The van der Waals surface area contributed by atoms with Crippen LogP contribution in [0, 0.1) is 9.12 Å². The highest BCUT2D eigenvalue weighted by atomic mass is 127. The van der Waals surface area contributed by atoms with Crippen molar-refractivity contribution >= 4 is 28.7 Å². The Morgan fingerprint density at radius 3 is 2.77 bits per heavy atom. The van der Waals surface area contributed by atoms with E-state index in [-0.39, 0.29) is 6.61 Å². The summed E-state index contributed by atoms with van der Waals surface area (Å²) in [5, 5.41) is 9.05. The molecule has 0 bridgehead atoms. The van der Waals surface area contributed by atoms with Crippen molar-refractivity contribution in [3.8, 4) is 0 Å². The molecule has 1 heterocycles. The molecule has 0 aromatic carbocycles. The predicted molar refractivity (Wildman–Crippen MR) is 119 cm³/mol. The molecule has 1 aromatic heterocycles. The van der Waals surface area contributed by atoms with Gasteiger partial charge in [-0.15, -0.1) is 0 Å². The van der Waals surface area contributed by atoms with Crippen LogP contribution in [0.5, 0.6) is 0 Å². The zero-order chi connectivity index (χ0) is 19.2. The van der Waals surface area contributed by atoms with Gasteiger partial charge in [0.15, 0.2) is 12.7 Å². The molecular weight excluding hydrogens is 433 g/mol. The first-order valence-corrected chi connectivity index (χ1v) is 10.4. The summed E-state index contributed by atoms with van der Waals surface area (Å²) in [5.41, 5.74) is 5.76. The van der Waals surface area contributed by atoms with E-state index in [9.17, 15) is 0 Å². The zero-order valence-corrected chi connectivity index (χ0v) is 18.6. The molecule has 0 spiro atoms. The van der Waals surface area contributed by atoms with Crippen molar-refractivity contribution in [1.29, 1.82) is 0 Å². The Hall–Kier alpha value is -1.20. The summed E-state index contributed by atoms with van der Waals surface area (Å²) < 4.78 is 3.17. The van der Waals surface area contributed by atoms with Crippen molar-refractivity contribution in [2.24, 2.45) is 5.41 Å². The van der Waals surface area contributed by atoms with E-state index in [0.29, 0.717) is 12.0 Å². The minimum atomic E-state index is 0.164. The van der Waals surface area contributed by atoms with Gasteiger partial charge in [0.05, 0.1) is 0 Å². The van der Waals surface area contributed by atoms with Crippen LogP contribution < -0.4 is 4.57 Å². The average Bonchev–Trinajstić information content (AvgIpc) is 2.56. The average molecular weight is 464 g/mol. The quantitative estimate of drug-likeness (QED) is 0.252. The van der Waals surface area contributed by atoms with Crippen molar-refractivity contribution in [2.75, 3.05) is 6.61 Å². The summed E-state index contributed by atoms with van der Waals surface area (Å²) in [4.78, 5) is 0. The maximum Gasteiger partial charge on any atom is 0.241 e. The van der Waals surface area contributed by atoms with Crippen LogP contribution in [0.3, 0.4) is 0 Å². The fraction of sp³-hybridized carbons (Fsp3) is 0.435. The van der Waals surface area contributed by atoms with E-state index in [2.05, 4.69) is 92.8 Å². The van der Waals surface area contributed by atoms with Gasteiger partial charge in [-0.25, -0.2) is 0 Å². The highest BCUT2D eigenvalue weighted by molar-refractivity contribution is 14.1. The molecule has 0 aliphatic heterocycles. The van der Waals surface area contributed by atoms with Crippen LogP contribution >= 0.6 is 22.6 Å². The van der Waals surface area contributed by atoms with E-state index in [0.717, 1.165) is 3.70 Å². The van der Waals surface area contributed by atoms with Gasteiger partial charge in [0.25, 0.3) is 0 Å². The van der Waals surface area contributed by atoms with E-state index in [1.807, 2.05) is 10.8 Å². The molecule has 26 heavy (non-hydrogen) atoms. The third-order valence-corrected chi connectivity index (χ3v) is 5.98. The van der Waals surface area contributed by atoms with Gasteiger partial charge in [-0.3, -0.25) is 0 Å². The Balaban J connectivity index is 2.06. The molecular formula is C23H31INO+. The highest BCUT2D eigenvalue weighted by Gasteiger charge is 2.26. The second kappa shape index (κ2) is 9.65. The molecule has 0 saturated heterocycles. The number of aromatic nitrogens is 1. The van der Waals surface area contributed by atoms with Gasteiger partial charge in [-0.05, 0) is 49.7 Å². The van der Waals surface area contributed by atoms with Gasteiger partial charge in [0, 0.05) is 34.7 Å². The summed E-state index contributed by atoms with van der Waals surface area (Å²) in [6, 6.07) is 4.20. The summed E-state index contributed by atoms with van der Waals surface area (Å²) >= 11 is 2.30. The minimum absolute atomic E-state index is 0.164. The number of allylic oxidation sites excluding steroid dienone is 7. The van der Waals surface area contributed by atoms with Crippen LogP contribution in [0.2, 0.25) is 0 Å². The molecule has 0 saturated carbocycles. The van der Waals surface area contributed by atoms with Crippen molar-refractivity contribution in [3.05, 3.63) is 68.6 Å². The summed E-state index contributed by atoms with van der Waals surface area (Å²) in [6.07, 6.45) is 16.8. The monoisotopic (exact) mass is 464 g/mol. The van der Waals surface area contributed by atoms with Gasteiger partial charge in [-0.1, -0.05) is 55.4 Å².